The van der Waals surface area contributed by atoms with Crippen molar-refractivity contribution in [2.24, 2.45) is 0 Å². The minimum atomic E-state index is -2.11. The van der Waals surface area contributed by atoms with Gasteiger partial charge in [-0.1, -0.05) is 24.3 Å². The Morgan fingerprint density at radius 1 is 1.05 bits per heavy atom. The number of aliphatic hydroxyl groups is 3. The molecule has 4 unspecified atom stereocenters. The number of aliphatic hydroxyl groups excluding tert-OH is 2. The van der Waals surface area contributed by atoms with Crippen molar-refractivity contribution in [1.82, 2.24) is 24.9 Å². The molecular formula is C38H42N6O14. The second kappa shape index (κ2) is 14.9. The van der Waals surface area contributed by atoms with E-state index in [0.717, 1.165) is 6.92 Å². The first-order valence-electron chi connectivity index (χ1n) is 18.5. The van der Waals surface area contributed by atoms with Crippen molar-refractivity contribution < 1.29 is 63.6 Å². The van der Waals surface area contributed by atoms with E-state index in [1.165, 1.54) is 37.2 Å². The largest absolute Gasteiger partial charge is 0.507 e. The van der Waals surface area contributed by atoms with Crippen LogP contribution in [0, 0.1) is 0 Å². The maximum Gasteiger partial charge on any atom is 0.280 e. The number of benzene rings is 2. The van der Waals surface area contributed by atoms with Crippen LogP contribution in [-0.4, -0.2) is 132 Å². The third-order valence-corrected chi connectivity index (χ3v) is 11.4. The fourth-order valence-electron chi connectivity index (χ4n) is 8.40. The van der Waals surface area contributed by atoms with Crippen LogP contribution in [0.25, 0.3) is 11.2 Å². The van der Waals surface area contributed by atoms with Crippen LogP contribution in [0.5, 0.6) is 11.5 Å². The molecule has 0 saturated carbocycles. The Balaban J connectivity index is 1.06. The van der Waals surface area contributed by atoms with E-state index < -0.39 is 119 Å². The number of ketones is 3. The summed E-state index contributed by atoms with van der Waals surface area (Å²) in [5.41, 5.74) is 1.97. The van der Waals surface area contributed by atoms with Gasteiger partial charge in [0.15, 0.2) is 41.0 Å². The van der Waals surface area contributed by atoms with Crippen LogP contribution in [0.4, 0.5) is 5.95 Å². The van der Waals surface area contributed by atoms with Gasteiger partial charge in [0.1, 0.15) is 35.4 Å². The summed E-state index contributed by atoms with van der Waals surface area (Å²) in [6, 6.07) is 5.11. The third kappa shape index (κ3) is 6.37. The van der Waals surface area contributed by atoms with Gasteiger partial charge in [0.05, 0.1) is 48.4 Å². The number of anilines is 1. The molecule has 2 aliphatic heterocycles. The van der Waals surface area contributed by atoms with Gasteiger partial charge >= 0.3 is 0 Å². The summed E-state index contributed by atoms with van der Waals surface area (Å²) in [5.74, 6) is -3.49. The lowest BCUT2D eigenvalue weighted by molar-refractivity contribution is -0.249. The number of hydrogen-bond donors (Lipinski definition) is 8. The normalized spacial score (nSPS) is 30.6. The highest BCUT2D eigenvalue weighted by Crippen LogP contribution is 2.52. The highest BCUT2D eigenvalue weighted by molar-refractivity contribution is 6.30. The molecule has 2 saturated heterocycles. The fourth-order valence-corrected chi connectivity index (χ4v) is 8.40. The van der Waals surface area contributed by atoms with E-state index in [1.54, 1.807) is 19.1 Å². The minimum absolute atomic E-state index is 0.0261. The van der Waals surface area contributed by atoms with Crippen molar-refractivity contribution in [1.29, 1.82) is 0 Å². The number of carbonyl (C=O) groups is 3. The molecule has 8 N–H and O–H groups in total. The lowest BCUT2D eigenvalue weighted by atomic mass is 9.72. The van der Waals surface area contributed by atoms with Crippen molar-refractivity contribution >= 4 is 34.5 Å². The molecule has 58 heavy (non-hydrogen) atoms. The number of Topliss-reactive ketones (excluding diaryl/α,β-unsaturated/α-hetero) is 1. The monoisotopic (exact) mass is 806 g/mol. The van der Waals surface area contributed by atoms with Crippen LogP contribution in [0.3, 0.4) is 0 Å². The summed E-state index contributed by atoms with van der Waals surface area (Å²) in [5, 5.41) is 57.0. The second-order valence-corrected chi connectivity index (χ2v) is 15.0. The Morgan fingerprint density at radius 3 is 2.40 bits per heavy atom. The number of ether oxygens (including phenoxy) is 5. The van der Waals surface area contributed by atoms with Crippen molar-refractivity contribution in [3.05, 3.63) is 74.3 Å². The molecule has 308 valence electrons. The molecule has 0 radical (unpaired) electrons. The van der Waals surface area contributed by atoms with Gasteiger partial charge in [-0.05, 0) is 13.8 Å². The SMILES string of the molecule is COCC1OC(n2cnc3c(=O)[nH]c(NN[C@H]4C[C@H](O[C@H]5C[C@](O)(C(C)=O)Cc6c(O)c7c(c(O)c65)C(=O)c5ccccc5C7=O)O[C@@H](C)[C@H]4O)nc32)C(O)C1OC. The second-order valence-electron chi connectivity index (χ2n) is 15.0. The first kappa shape index (κ1) is 39.7. The molecule has 4 heterocycles. The molecule has 0 bridgehead atoms. The van der Waals surface area contributed by atoms with Crippen molar-refractivity contribution in [2.45, 2.75) is 93.9 Å². The molecule has 8 rings (SSSR count). The molecule has 2 fully saturated rings. The standard InChI is InChI=1S/C38H42N6O14/c1-14-27(46)19(42-43-37-40-34-26(35(52)41-37)39-13-44(34)36-32(51)33(55-4)21(58-36)12-54-3)9-22(56-14)57-20-11-38(53,15(2)45)10-18-23(20)31(50)25-24(30(18)49)28(47)16-7-5-6-8-17(16)29(25)48/h5-8,13-14,19-22,27,32-33,36,42,46,49-51,53H,9-12H2,1-4H3,(H2,40,41,43,52)/t14-,19-,20-,21?,22-,27+,32?,33?,36?,38-/m0/s1. The Kier molecular flexibility index (Phi) is 10.2. The molecule has 2 aromatic heterocycles. The Bertz CT molecular complexity index is 2380. The van der Waals surface area contributed by atoms with Crippen LogP contribution < -0.4 is 16.4 Å². The van der Waals surface area contributed by atoms with Gasteiger partial charge in [0.2, 0.25) is 5.95 Å². The number of hydrogen-bond acceptors (Lipinski definition) is 18. The van der Waals surface area contributed by atoms with Gasteiger partial charge in [-0.25, -0.2) is 10.4 Å². The zero-order valence-corrected chi connectivity index (χ0v) is 31.7. The molecule has 20 nitrogen and oxygen atoms in total. The van der Waals surface area contributed by atoms with Crippen LogP contribution in [-0.2, 0) is 34.9 Å². The molecule has 0 spiro atoms. The number of aromatic hydroxyl groups is 2. The number of fused-ring (bicyclic) bond motifs is 4. The summed E-state index contributed by atoms with van der Waals surface area (Å²) in [6.45, 7) is 2.86. The number of aromatic nitrogens is 4. The number of H-pyrrole nitrogens is 1. The number of hydrazine groups is 1. The summed E-state index contributed by atoms with van der Waals surface area (Å²) in [7, 11) is 2.91. The smallest absolute Gasteiger partial charge is 0.280 e. The Hall–Kier alpha value is -5.16. The molecular weight excluding hydrogens is 764 g/mol. The molecule has 20 heteroatoms. The average Bonchev–Trinajstić information content (AvgIpc) is 3.75. The Labute approximate surface area is 328 Å². The van der Waals surface area contributed by atoms with Gasteiger partial charge in [0.25, 0.3) is 5.56 Å². The number of methoxy groups -OCH3 is 2. The first-order chi connectivity index (χ1) is 27.7. The molecule has 10 atom stereocenters. The lowest BCUT2D eigenvalue weighted by Crippen LogP contribution is -2.56. The topological polar surface area (TPSA) is 286 Å². The van der Waals surface area contributed by atoms with Crippen LogP contribution in [0.2, 0.25) is 0 Å². The van der Waals surface area contributed by atoms with Crippen LogP contribution >= 0.6 is 0 Å². The Morgan fingerprint density at radius 2 is 1.74 bits per heavy atom. The number of rotatable bonds is 10. The van der Waals surface area contributed by atoms with E-state index in [9.17, 15) is 44.7 Å². The lowest BCUT2D eigenvalue weighted by Gasteiger charge is -2.42. The molecule has 0 amide bonds. The first-order valence-corrected chi connectivity index (χ1v) is 18.5. The maximum atomic E-state index is 13.7. The molecule has 2 aliphatic carbocycles. The summed E-state index contributed by atoms with van der Waals surface area (Å²) in [4.78, 5) is 64.4. The minimum Gasteiger partial charge on any atom is -0.507 e. The van der Waals surface area contributed by atoms with E-state index >= 15 is 0 Å². The number of phenolic OH excluding ortho intramolecular Hbond substituents is 2. The van der Waals surface area contributed by atoms with Gasteiger partial charge in [-0.15, -0.1) is 0 Å². The van der Waals surface area contributed by atoms with Gasteiger partial charge < -0.3 is 49.2 Å². The van der Waals surface area contributed by atoms with E-state index in [4.69, 9.17) is 23.7 Å². The highest BCUT2D eigenvalue weighted by Gasteiger charge is 2.50. The van der Waals surface area contributed by atoms with E-state index in [0.29, 0.717) is 0 Å². The van der Waals surface area contributed by atoms with Crippen molar-refractivity contribution in [2.75, 3.05) is 26.3 Å². The van der Waals surface area contributed by atoms with E-state index in [1.807, 2.05) is 0 Å². The summed E-state index contributed by atoms with van der Waals surface area (Å²) >= 11 is 0. The van der Waals surface area contributed by atoms with Crippen molar-refractivity contribution in [3.8, 4) is 11.5 Å². The zero-order chi connectivity index (χ0) is 41.4. The van der Waals surface area contributed by atoms with Crippen molar-refractivity contribution in [3.63, 3.8) is 0 Å². The zero-order valence-electron chi connectivity index (χ0n) is 31.7. The highest BCUT2D eigenvalue weighted by atomic mass is 16.7. The van der Waals surface area contributed by atoms with Crippen LogP contribution in [0.1, 0.15) is 82.0 Å². The number of imidazole rings is 1. The molecule has 4 aromatic rings. The number of nitrogens with one attached hydrogen (secondary N) is 3. The quantitative estimate of drug-likeness (QED) is 0.0682. The fraction of sp³-hybridized carbons (Fsp3) is 0.474. The number of phenols is 2. The average molecular weight is 807 g/mol. The van der Waals surface area contributed by atoms with Gasteiger partial charge in [-0.2, -0.15) is 4.98 Å². The van der Waals surface area contributed by atoms with E-state index in [2.05, 4.69) is 25.8 Å². The number of carbonyl (C=O) groups excluding carboxylic acids is 3. The van der Waals surface area contributed by atoms with E-state index in [-0.39, 0.29) is 52.4 Å². The van der Waals surface area contributed by atoms with Crippen LogP contribution in [0.15, 0.2) is 35.4 Å². The third-order valence-electron chi connectivity index (χ3n) is 11.4. The molecule has 4 aliphatic rings. The van der Waals surface area contributed by atoms with Gasteiger partial charge in [0, 0.05) is 55.7 Å². The van der Waals surface area contributed by atoms with Gasteiger partial charge in [-0.3, -0.25) is 34.2 Å². The maximum absolute atomic E-state index is 13.7. The predicted octanol–water partition coefficient (Wildman–Crippen LogP) is 0.0310. The number of nitrogens with zero attached hydrogens (tertiary/aromatic N) is 3. The predicted molar refractivity (Wildman–Crippen MR) is 197 cm³/mol. The summed E-state index contributed by atoms with van der Waals surface area (Å²) in [6.07, 6.45) is -7.83. The summed E-state index contributed by atoms with van der Waals surface area (Å²) < 4.78 is 30.3. The molecule has 2 aromatic carbocycles. The number of aromatic amines is 1.